The topological polar surface area (TPSA) is 67.9 Å². The van der Waals surface area contributed by atoms with Gasteiger partial charge in [-0.05, 0) is 32.8 Å². The number of aromatic nitrogens is 3. The van der Waals surface area contributed by atoms with Gasteiger partial charge >= 0.3 is 0 Å². The van der Waals surface area contributed by atoms with E-state index in [1.54, 1.807) is 11.3 Å². The number of rotatable bonds is 2. The summed E-state index contributed by atoms with van der Waals surface area (Å²) in [5.74, 6) is 0.791. The van der Waals surface area contributed by atoms with Gasteiger partial charge in [-0.15, -0.1) is 11.3 Å². The SMILES string of the molecule is Cc1nc(-c2ccnc(N3CCC(N)CC3)n2)c(C)s1. The molecule has 0 atom stereocenters. The lowest BCUT2D eigenvalue weighted by Gasteiger charge is -2.30. The summed E-state index contributed by atoms with van der Waals surface area (Å²) >= 11 is 1.70. The van der Waals surface area contributed by atoms with Gasteiger partial charge in [-0.25, -0.2) is 15.0 Å². The first-order valence-electron chi connectivity index (χ1n) is 6.91. The molecule has 0 radical (unpaired) electrons. The Morgan fingerprint density at radius 3 is 2.65 bits per heavy atom. The van der Waals surface area contributed by atoms with Crippen molar-refractivity contribution in [1.82, 2.24) is 15.0 Å². The molecule has 3 rings (SSSR count). The maximum absolute atomic E-state index is 5.94. The van der Waals surface area contributed by atoms with E-state index in [1.165, 1.54) is 4.88 Å². The van der Waals surface area contributed by atoms with Gasteiger partial charge in [0.25, 0.3) is 0 Å². The van der Waals surface area contributed by atoms with Gasteiger partial charge in [0.1, 0.15) is 5.69 Å². The molecule has 6 heteroatoms. The lowest BCUT2D eigenvalue weighted by Crippen LogP contribution is -2.40. The van der Waals surface area contributed by atoms with Gasteiger partial charge in [-0.1, -0.05) is 0 Å². The predicted molar refractivity (Wildman–Crippen MR) is 82.0 cm³/mol. The van der Waals surface area contributed by atoms with Crippen LogP contribution >= 0.6 is 11.3 Å². The zero-order valence-electron chi connectivity index (χ0n) is 11.8. The Labute approximate surface area is 122 Å². The van der Waals surface area contributed by atoms with E-state index in [2.05, 4.69) is 26.8 Å². The molecule has 1 fully saturated rings. The number of nitrogens with zero attached hydrogens (tertiary/aromatic N) is 4. The van der Waals surface area contributed by atoms with Gasteiger partial charge in [-0.3, -0.25) is 0 Å². The van der Waals surface area contributed by atoms with Crippen molar-refractivity contribution in [3.8, 4) is 11.4 Å². The van der Waals surface area contributed by atoms with E-state index in [9.17, 15) is 0 Å². The second-order valence-electron chi connectivity index (χ2n) is 5.20. The van der Waals surface area contributed by atoms with E-state index in [4.69, 9.17) is 5.73 Å². The number of piperidine rings is 1. The van der Waals surface area contributed by atoms with Crippen molar-refractivity contribution in [3.63, 3.8) is 0 Å². The smallest absolute Gasteiger partial charge is 0.225 e. The van der Waals surface area contributed by atoms with Crippen LogP contribution in [0.4, 0.5) is 5.95 Å². The first-order valence-corrected chi connectivity index (χ1v) is 7.73. The van der Waals surface area contributed by atoms with Gasteiger partial charge in [-0.2, -0.15) is 0 Å². The molecule has 3 heterocycles. The van der Waals surface area contributed by atoms with E-state index in [1.807, 2.05) is 19.2 Å². The fourth-order valence-electron chi connectivity index (χ4n) is 2.50. The molecule has 1 saturated heterocycles. The maximum atomic E-state index is 5.94. The van der Waals surface area contributed by atoms with Crippen molar-refractivity contribution in [2.24, 2.45) is 5.73 Å². The minimum Gasteiger partial charge on any atom is -0.341 e. The van der Waals surface area contributed by atoms with Crippen molar-refractivity contribution in [3.05, 3.63) is 22.1 Å². The van der Waals surface area contributed by atoms with Gasteiger partial charge in [0.2, 0.25) is 5.95 Å². The molecule has 2 N–H and O–H groups in total. The zero-order valence-corrected chi connectivity index (χ0v) is 12.7. The van der Waals surface area contributed by atoms with Gasteiger partial charge in [0.15, 0.2) is 0 Å². The lowest BCUT2D eigenvalue weighted by molar-refractivity contribution is 0.495. The molecule has 2 aromatic rings. The van der Waals surface area contributed by atoms with Crippen LogP contribution in [0.2, 0.25) is 0 Å². The summed E-state index contributed by atoms with van der Waals surface area (Å²) in [6.07, 6.45) is 3.82. The Morgan fingerprint density at radius 2 is 2.00 bits per heavy atom. The number of thiazole rings is 1. The standard InChI is InChI=1S/C14H19N5S/c1-9-13(17-10(2)20-9)12-3-6-16-14(18-12)19-7-4-11(15)5-8-19/h3,6,11H,4-5,7-8,15H2,1-2H3. The molecule has 1 aliphatic rings. The number of hydrogen-bond acceptors (Lipinski definition) is 6. The Morgan fingerprint density at radius 1 is 1.25 bits per heavy atom. The van der Waals surface area contributed by atoms with Crippen molar-refractivity contribution in [2.75, 3.05) is 18.0 Å². The summed E-state index contributed by atoms with van der Waals surface area (Å²) in [6.45, 7) is 5.97. The third-order valence-corrected chi connectivity index (χ3v) is 4.50. The summed E-state index contributed by atoms with van der Waals surface area (Å²) in [5.41, 5.74) is 7.83. The Balaban J connectivity index is 1.88. The summed E-state index contributed by atoms with van der Waals surface area (Å²) in [7, 11) is 0. The normalized spacial score (nSPS) is 16.6. The highest BCUT2D eigenvalue weighted by Gasteiger charge is 2.19. The van der Waals surface area contributed by atoms with Gasteiger partial charge < -0.3 is 10.6 Å². The molecule has 0 aliphatic carbocycles. The molecule has 0 unspecified atom stereocenters. The van der Waals surface area contributed by atoms with E-state index in [0.717, 1.165) is 48.3 Å². The van der Waals surface area contributed by atoms with Crippen LogP contribution in [-0.2, 0) is 0 Å². The first kappa shape index (κ1) is 13.5. The summed E-state index contributed by atoms with van der Waals surface area (Å²) in [4.78, 5) is 17.1. The Kier molecular flexibility index (Phi) is 3.67. The molecule has 2 aromatic heterocycles. The molecule has 0 bridgehead atoms. The van der Waals surface area contributed by atoms with E-state index >= 15 is 0 Å². The second-order valence-corrected chi connectivity index (χ2v) is 6.61. The molecule has 0 spiro atoms. The van der Waals surface area contributed by atoms with Crippen molar-refractivity contribution < 1.29 is 0 Å². The third kappa shape index (κ3) is 2.66. The number of nitrogens with two attached hydrogens (primary N) is 1. The number of aryl methyl sites for hydroxylation is 2. The molecular formula is C14H19N5S. The highest BCUT2D eigenvalue weighted by atomic mass is 32.1. The minimum absolute atomic E-state index is 0.317. The van der Waals surface area contributed by atoms with Crippen LogP contribution in [0.1, 0.15) is 22.7 Å². The molecule has 20 heavy (non-hydrogen) atoms. The first-order chi connectivity index (χ1) is 9.63. The zero-order chi connectivity index (χ0) is 14.1. The van der Waals surface area contributed by atoms with Crippen LogP contribution in [0, 0.1) is 13.8 Å². The Hall–Kier alpha value is -1.53. The summed E-state index contributed by atoms with van der Waals surface area (Å²) in [5, 5.41) is 1.07. The second kappa shape index (κ2) is 5.46. The van der Waals surface area contributed by atoms with Crippen molar-refractivity contribution in [1.29, 1.82) is 0 Å². The number of hydrogen-bond donors (Lipinski definition) is 1. The summed E-state index contributed by atoms with van der Waals surface area (Å²) < 4.78 is 0. The minimum atomic E-state index is 0.317. The van der Waals surface area contributed by atoms with E-state index < -0.39 is 0 Å². The predicted octanol–water partition coefficient (Wildman–Crippen LogP) is 2.14. The van der Waals surface area contributed by atoms with Crippen LogP contribution in [0.15, 0.2) is 12.3 Å². The van der Waals surface area contributed by atoms with Crippen LogP contribution in [-0.4, -0.2) is 34.1 Å². The summed E-state index contributed by atoms with van der Waals surface area (Å²) in [6, 6.07) is 2.25. The quantitative estimate of drug-likeness (QED) is 0.917. The molecule has 106 valence electrons. The van der Waals surface area contributed by atoms with Crippen LogP contribution in [0.25, 0.3) is 11.4 Å². The molecule has 0 amide bonds. The van der Waals surface area contributed by atoms with E-state index in [0.29, 0.717) is 6.04 Å². The third-order valence-electron chi connectivity index (χ3n) is 3.61. The highest BCUT2D eigenvalue weighted by molar-refractivity contribution is 7.11. The Bertz CT molecular complexity index is 601. The van der Waals surface area contributed by atoms with Crippen LogP contribution in [0.5, 0.6) is 0 Å². The van der Waals surface area contributed by atoms with Crippen LogP contribution in [0.3, 0.4) is 0 Å². The molecular weight excluding hydrogens is 270 g/mol. The van der Waals surface area contributed by atoms with Gasteiger partial charge in [0.05, 0.1) is 10.7 Å². The maximum Gasteiger partial charge on any atom is 0.225 e. The largest absolute Gasteiger partial charge is 0.341 e. The van der Waals surface area contributed by atoms with Crippen LogP contribution < -0.4 is 10.6 Å². The number of anilines is 1. The fraction of sp³-hybridized carbons (Fsp3) is 0.500. The van der Waals surface area contributed by atoms with Gasteiger partial charge in [0, 0.05) is 30.2 Å². The molecule has 0 saturated carbocycles. The monoisotopic (exact) mass is 289 g/mol. The van der Waals surface area contributed by atoms with Crippen molar-refractivity contribution >= 4 is 17.3 Å². The lowest BCUT2D eigenvalue weighted by atomic mass is 10.1. The fourth-order valence-corrected chi connectivity index (χ4v) is 3.33. The average Bonchev–Trinajstić information content (AvgIpc) is 2.79. The highest BCUT2D eigenvalue weighted by Crippen LogP contribution is 2.26. The van der Waals surface area contributed by atoms with E-state index in [-0.39, 0.29) is 0 Å². The van der Waals surface area contributed by atoms with Crippen molar-refractivity contribution in [2.45, 2.75) is 32.7 Å². The molecule has 0 aromatic carbocycles. The molecule has 5 nitrogen and oxygen atoms in total. The molecule has 1 aliphatic heterocycles. The average molecular weight is 289 g/mol.